The molecule has 2 aromatic heterocycles. The second kappa shape index (κ2) is 6.60. The molecule has 0 unspecified atom stereocenters. The van der Waals surface area contributed by atoms with Crippen LogP contribution in [-0.4, -0.2) is 15.9 Å². The quantitative estimate of drug-likeness (QED) is 0.725. The maximum Gasteiger partial charge on any atom is 0.230 e. The maximum atomic E-state index is 14.8. The van der Waals surface area contributed by atoms with Gasteiger partial charge in [0.25, 0.3) is 0 Å². The molecule has 1 saturated carbocycles. The molecule has 0 radical (unpaired) electrons. The first-order valence-corrected chi connectivity index (χ1v) is 8.76. The molecule has 1 fully saturated rings. The van der Waals surface area contributed by atoms with Crippen molar-refractivity contribution in [3.63, 3.8) is 0 Å². The number of hydrogen-bond acceptors (Lipinski definition) is 4. The third kappa shape index (κ3) is 3.11. The second-order valence-electron chi connectivity index (χ2n) is 6.60. The Balaban J connectivity index is 1.75. The Morgan fingerprint density at radius 2 is 2.19 bits per heavy atom. The Hall–Kier alpha value is -3.04. The lowest BCUT2D eigenvalue weighted by Gasteiger charge is -2.12. The van der Waals surface area contributed by atoms with Gasteiger partial charge in [0.1, 0.15) is 11.6 Å². The van der Waals surface area contributed by atoms with Crippen molar-refractivity contribution in [1.29, 1.82) is 5.26 Å². The van der Waals surface area contributed by atoms with Gasteiger partial charge in [-0.15, -0.1) is 0 Å². The van der Waals surface area contributed by atoms with Crippen LogP contribution in [0.4, 0.5) is 10.2 Å². The molecule has 1 aliphatic rings. The SMILES string of the molecule is Cc1ccncc1-c1cc2cc(NC(=O)[C@H]3C[C@@H]3C#N)ncc2c(Cl)c1F. The Morgan fingerprint density at radius 3 is 2.89 bits per heavy atom. The lowest BCUT2D eigenvalue weighted by molar-refractivity contribution is -0.117. The van der Waals surface area contributed by atoms with Crippen molar-refractivity contribution < 1.29 is 9.18 Å². The highest BCUT2D eigenvalue weighted by Crippen LogP contribution is 2.39. The van der Waals surface area contributed by atoms with Crippen LogP contribution in [0.15, 0.2) is 36.8 Å². The highest BCUT2D eigenvalue weighted by molar-refractivity contribution is 6.36. The molecule has 5 nitrogen and oxygen atoms in total. The van der Waals surface area contributed by atoms with E-state index in [-0.39, 0.29) is 22.8 Å². The minimum Gasteiger partial charge on any atom is -0.310 e. The van der Waals surface area contributed by atoms with Crippen molar-refractivity contribution >= 4 is 34.1 Å². The molecular weight excluding hydrogens is 367 g/mol. The van der Waals surface area contributed by atoms with E-state index in [4.69, 9.17) is 16.9 Å². The molecule has 3 aromatic rings. The van der Waals surface area contributed by atoms with Crippen LogP contribution in [0.2, 0.25) is 5.02 Å². The van der Waals surface area contributed by atoms with Crippen LogP contribution >= 0.6 is 11.6 Å². The Kier molecular flexibility index (Phi) is 4.25. The first-order chi connectivity index (χ1) is 13.0. The van der Waals surface area contributed by atoms with Crippen LogP contribution in [0.25, 0.3) is 21.9 Å². The zero-order valence-electron chi connectivity index (χ0n) is 14.3. The number of carbonyl (C=O) groups excluding carboxylic acids is 1. The summed E-state index contributed by atoms with van der Waals surface area (Å²) in [7, 11) is 0. The van der Waals surface area contributed by atoms with Gasteiger partial charge in [-0.1, -0.05) is 11.6 Å². The van der Waals surface area contributed by atoms with Gasteiger partial charge in [-0.25, -0.2) is 9.37 Å². The van der Waals surface area contributed by atoms with Crippen molar-refractivity contribution in [2.24, 2.45) is 11.8 Å². The summed E-state index contributed by atoms with van der Waals surface area (Å²) in [6.07, 6.45) is 5.24. The number of anilines is 1. The molecule has 7 heteroatoms. The van der Waals surface area contributed by atoms with Crippen LogP contribution in [-0.2, 0) is 4.79 Å². The van der Waals surface area contributed by atoms with E-state index in [0.717, 1.165) is 5.56 Å². The molecule has 4 rings (SSSR count). The molecular formula is C20H14ClFN4O. The number of benzene rings is 1. The first kappa shape index (κ1) is 17.4. The van der Waals surface area contributed by atoms with Crippen molar-refractivity contribution in [2.45, 2.75) is 13.3 Å². The number of fused-ring (bicyclic) bond motifs is 1. The first-order valence-electron chi connectivity index (χ1n) is 8.39. The third-order valence-electron chi connectivity index (χ3n) is 4.77. The Morgan fingerprint density at radius 1 is 1.37 bits per heavy atom. The fourth-order valence-electron chi connectivity index (χ4n) is 3.09. The fourth-order valence-corrected chi connectivity index (χ4v) is 3.35. The summed E-state index contributed by atoms with van der Waals surface area (Å²) in [6.45, 7) is 1.87. The summed E-state index contributed by atoms with van der Waals surface area (Å²) >= 11 is 6.23. The number of nitrogens with one attached hydrogen (secondary N) is 1. The van der Waals surface area contributed by atoms with Gasteiger partial charge in [0.15, 0.2) is 0 Å². The third-order valence-corrected chi connectivity index (χ3v) is 5.14. The average molecular weight is 381 g/mol. The molecule has 27 heavy (non-hydrogen) atoms. The zero-order chi connectivity index (χ0) is 19.1. The smallest absolute Gasteiger partial charge is 0.230 e. The summed E-state index contributed by atoms with van der Waals surface area (Å²) in [5, 5.41) is 12.6. The number of rotatable bonds is 3. The van der Waals surface area contributed by atoms with Gasteiger partial charge in [-0.05, 0) is 42.5 Å². The van der Waals surface area contributed by atoms with Crippen molar-refractivity contribution in [2.75, 3.05) is 5.32 Å². The van der Waals surface area contributed by atoms with Crippen LogP contribution in [0.5, 0.6) is 0 Å². The summed E-state index contributed by atoms with van der Waals surface area (Å²) in [5.74, 6) is -0.946. The van der Waals surface area contributed by atoms with E-state index in [2.05, 4.69) is 21.4 Å². The van der Waals surface area contributed by atoms with Crippen LogP contribution in [0, 0.1) is 35.9 Å². The number of pyridine rings is 2. The summed E-state index contributed by atoms with van der Waals surface area (Å²) in [4.78, 5) is 20.4. The molecule has 0 spiro atoms. The second-order valence-corrected chi connectivity index (χ2v) is 6.98. The molecule has 1 aromatic carbocycles. The number of nitriles is 1. The van der Waals surface area contributed by atoms with Gasteiger partial charge in [-0.3, -0.25) is 9.78 Å². The monoisotopic (exact) mass is 380 g/mol. The minimum absolute atomic E-state index is 0.0251. The number of hydrogen-bond donors (Lipinski definition) is 1. The Labute approximate surface area is 159 Å². The highest BCUT2D eigenvalue weighted by Gasteiger charge is 2.43. The molecule has 134 valence electrons. The molecule has 1 N–H and O–H groups in total. The van der Waals surface area contributed by atoms with Crippen molar-refractivity contribution in [1.82, 2.24) is 9.97 Å². The normalized spacial score (nSPS) is 18.1. The number of aryl methyl sites for hydroxylation is 1. The van der Waals surface area contributed by atoms with E-state index >= 15 is 0 Å². The number of aromatic nitrogens is 2. The van der Waals surface area contributed by atoms with Crippen LogP contribution < -0.4 is 5.32 Å². The van der Waals surface area contributed by atoms with E-state index in [1.54, 1.807) is 30.6 Å². The summed E-state index contributed by atoms with van der Waals surface area (Å²) in [6, 6.07) is 7.21. The molecule has 0 saturated heterocycles. The predicted octanol–water partition coefficient (Wildman–Crippen LogP) is 4.50. The van der Waals surface area contributed by atoms with Gasteiger partial charge in [-0.2, -0.15) is 5.26 Å². The van der Waals surface area contributed by atoms with Gasteiger partial charge in [0.05, 0.1) is 22.9 Å². The number of halogens is 2. The summed E-state index contributed by atoms with van der Waals surface area (Å²) in [5.41, 5.74) is 1.86. The van der Waals surface area contributed by atoms with E-state index in [1.807, 2.05) is 6.92 Å². The molecule has 0 bridgehead atoms. The minimum atomic E-state index is -0.534. The van der Waals surface area contributed by atoms with E-state index in [0.29, 0.717) is 34.1 Å². The lowest BCUT2D eigenvalue weighted by atomic mass is 9.99. The topological polar surface area (TPSA) is 78.7 Å². The average Bonchev–Trinajstić information content (AvgIpc) is 3.45. The zero-order valence-corrected chi connectivity index (χ0v) is 15.1. The van der Waals surface area contributed by atoms with Gasteiger partial charge < -0.3 is 5.32 Å². The predicted molar refractivity (Wildman–Crippen MR) is 101 cm³/mol. The van der Waals surface area contributed by atoms with E-state index < -0.39 is 5.82 Å². The fraction of sp³-hybridized carbons (Fsp3) is 0.200. The molecule has 2 atom stereocenters. The van der Waals surface area contributed by atoms with Crippen molar-refractivity contribution in [3.8, 4) is 17.2 Å². The van der Waals surface area contributed by atoms with Crippen LogP contribution in [0.3, 0.4) is 0 Å². The molecule has 1 amide bonds. The molecule has 2 heterocycles. The van der Waals surface area contributed by atoms with Crippen LogP contribution in [0.1, 0.15) is 12.0 Å². The largest absolute Gasteiger partial charge is 0.310 e. The Bertz CT molecular complexity index is 1120. The standard InChI is InChI=1S/C20H14ClFN4O/c1-10-2-3-24-8-15(10)14-4-11-6-17(25-9-16(11)18(21)19(14)22)26-20(27)13-5-12(13)7-23/h2-4,6,8-9,12-13H,5H2,1H3,(H,25,26,27)/t12-,13+/m1/s1. The highest BCUT2D eigenvalue weighted by atomic mass is 35.5. The molecule has 1 aliphatic carbocycles. The van der Waals surface area contributed by atoms with Gasteiger partial charge in [0, 0.05) is 35.1 Å². The van der Waals surface area contributed by atoms with E-state index in [9.17, 15) is 9.18 Å². The number of amides is 1. The lowest BCUT2D eigenvalue weighted by Crippen LogP contribution is -2.15. The van der Waals surface area contributed by atoms with Crippen molar-refractivity contribution in [3.05, 3.63) is 53.2 Å². The number of nitrogens with zero attached hydrogens (tertiary/aromatic N) is 3. The molecule has 0 aliphatic heterocycles. The van der Waals surface area contributed by atoms with E-state index in [1.165, 1.54) is 6.20 Å². The van der Waals surface area contributed by atoms with Gasteiger partial charge >= 0.3 is 0 Å². The number of carbonyl (C=O) groups is 1. The summed E-state index contributed by atoms with van der Waals surface area (Å²) < 4.78 is 14.8. The van der Waals surface area contributed by atoms with Gasteiger partial charge in [0.2, 0.25) is 5.91 Å². The maximum absolute atomic E-state index is 14.8.